The largest absolute Gasteiger partial charge is 0.493 e. The molecule has 1 N–H and O–H groups in total. The lowest BCUT2D eigenvalue weighted by Crippen LogP contribution is -2.38. The second kappa shape index (κ2) is 11.9. The van der Waals surface area contributed by atoms with Gasteiger partial charge in [0, 0.05) is 18.5 Å². The Kier molecular flexibility index (Phi) is 9.93. The summed E-state index contributed by atoms with van der Waals surface area (Å²) in [4.78, 5) is 0. The average Bonchev–Trinajstić information content (AvgIpc) is 3.15. The minimum absolute atomic E-state index is 0. The summed E-state index contributed by atoms with van der Waals surface area (Å²) >= 11 is 14.4. The number of ether oxygens (including phenoxy) is 3. The fraction of sp³-hybridized carbons (Fsp3) is 0.400. The number of hydrogen-bond donors (Lipinski definition) is 1. The molecule has 4 nitrogen and oxygen atoms in total. The van der Waals surface area contributed by atoms with Crippen molar-refractivity contribution in [3.8, 4) is 17.2 Å². The molecule has 0 saturated carbocycles. The first-order valence-electron chi connectivity index (χ1n) is 8.94. The van der Waals surface area contributed by atoms with Gasteiger partial charge in [0.2, 0.25) is 6.79 Å². The van der Waals surface area contributed by atoms with E-state index in [1.807, 2.05) is 30.3 Å². The predicted molar refractivity (Wildman–Crippen MR) is 117 cm³/mol. The molecule has 0 aromatic heterocycles. The van der Waals surface area contributed by atoms with E-state index in [4.69, 9.17) is 49.0 Å². The number of nitrogens with one attached hydrogen (secondary N) is 1. The van der Waals surface area contributed by atoms with Crippen molar-refractivity contribution in [2.75, 3.05) is 26.5 Å². The summed E-state index contributed by atoms with van der Waals surface area (Å²) in [5.74, 6) is 2.79. The van der Waals surface area contributed by atoms with Gasteiger partial charge in [-0.2, -0.15) is 0 Å². The molecule has 0 bridgehead atoms. The predicted octanol–water partition coefficient (Wildman–Crippen LogP) is 5.73. The minimum atomic E-state index is -0.750. The van der Waals surface area contributed by atoms with Crippen LogP contribution >= 0.6 is 47.2 Å². The van der Waals surface area contributed by atoms with E-state index >= 15 is 0 Å². The molecule has 1 saturated heterocycles. The number of halogens is 5. The molecule has 0 spiro atoms. The van der Waals surface area contributed by atoms with Crippen LogP contribution in [-0.4, -0.2) is 30.8 Å². The van der Waals surface area contributed by atoms with E-state index in [2.05, 4.69) is 5.32 Å². The van der Waals surface area contributed by atoms with E-state index in [1.165, 1.54) is 17.7 Å². The van der Waals surface area contributed by atoms with Crippen LogP contribution in [0.15, 0.2) is 42.5 Å². The Bertz CT molecular complexity index is 761. The van der Waals surface area contributed by atoms with Crippen LogP contribution < -0.4 is 19.5 Å². The number of alkyl halides is 3. The van der Waals surface area contributed by atoms with E-state index in [0.717, 1.165) is 36.8 Å². The van der Waals surface area contributed by atoms with Gasteiger partial charge >= 0.3 is 0 Å². The second-order valence-electron chi connectivity index (χ2n) is 6.48. The van der Waals surface area contributed by atoms with E-state index in [9.17, 15) is 4.39 Å². The lowest BCUT2D eigenvalue weighted by molar-refractivity contribution is 0.173. The van der Waals surface area contributed by atoms with Crippen molar-refractivity contribution in [1.29, 1.82) is 0 Å². The van der Waals surface area contributed by atoms with E-state index in [-0.39, 0.29) is 25.0 Å². The highest BCUT2D eigenvalue weighted by atomic mass is 35.6. The molecule has 2 aliphatic rings. The van der Waals surface area contributed by atoms with Crippen molar-refractivity contribution in [2.24, 2.45) is 5.92 Å². The second-order valence-corrected chi connectivity index (χ2v) is 8.46. The smallest absolute Gasteiger partial charge is 0.231 e. The van der Waals surface area contributed by atoms with Gasteiger partial charge in [0.15, 0.2) is 15.8 Å². The summed E-state index contributed by atoms with van der Waals surface area (Å²) in [5.41, 5.74) is 1.18. The molecule has 2 heterocycles. The van der Waals surface area contributed by atoms with Gasteiger partial charge in [-0.3, -0.25) is 0 Å². The summed E-state index contributed by atoms with van der Waals surface area (Å²) in [6.45, 7) is 2.74. The highest BCUT2D eigenvalue weighted by molar-refractivity contribution is 6.63. The van der Waals surface area contributed by atoms with Crippen LogP contribution in [0.5, 0.6) is 17.2 Å². The molecule has 2 aromatic carbocycles. The molecule has 0 amide bonds. The van der Waals surface area contributed by atoms with Crippen molar-refractivity contribution in [2.45, 2.75) is 16.6 Å². The number of rotatable bonds is 4. The average molecular weight is 485 g/mol. The van der Waals surface area contributed by atoms with Crippen LogP contribution in [0.4, 0.5) is 4.39 Å². The lowest BCUT2D eigenvalue weighted by Gasteiger charge is -2.32. The van der Waals surface area contributed by atoms with Crippen LogP contribution in [0.25, 0.3) is 0 Å². The molecule has 4 rings (SSSR count). The number of benzene rings is 2. The van der Waals surface area contributed by atoms with Gasteiger partial charge in [0.1, 0.15) is 11.6 Å². The van der Waals surface area contributed by atoms with Crippen LogP contribution in [-0.2, 0) is 0 Å². The Balaban J connectivity index is 0.000000552. The van der Waals surface area contributed by atoms with Gasteiger partial charge in [0.25, 0.3) is 0 Å². The van der Waals surface area contributed by atoms with Crippen LogP contribution in [0.1, 0.15) is 17.9 Å². The first kappa shape index (κ1) is 24.2. The van der Waals surface area contributed by atoms with Crippen molar-refractivity contribution in [3.05, 3.63) is 53.8 Å². The third-order valence-corrected chi connectivity index (χ3v) is 4.71. The maximum absolute atomic E-state index is 13.2. The Morgan fingerprint density at radius 3 is 2.48 bits per heavy atom. The third kappa shape index (κ3) is 7.26. The van der Waals surface area contributed by atoms with Crippen LogP contribution in [0.2, 0.25) is 0 Å². The molecule has 29 heavy (non-hydrogen) atoms. The molecular formula is C20H22Cl4FNO3. The van der Waals surface area contributed by atoms with Gasteiger partial charge in [-0.05, 0) is 48.7 Å². The van der Waals surface area contributed by atoms with Gasteiger partial charge in [0.05, 0.1) is 6.61 Å². The topological polar surface area (TPSA) is 39.7 Å². The zero-order valence-corrected chi connectivity index (χ0v) is 18.5. The van der Waals surface area contributed by atoms with Gasteiger partial charge in [-0.1, -0.05) is 46.9 Å². The Morgan fingerprint density at radius 2 is 1.76 bits per heavy atom. The van der Waals surface area contributed by atoms with Gasteiger partial charge in [-0.25, -0.2) is 4.39 Å². The molecule has 2 aliphatic heterocycles. The number of fused-ring (bicyclic) bond motifs is 1. The summed E-state index contributed by atoms with van der Waals surface area (Å²) in [6, 6.07) is 12.5. The van der Waals surface area contributed by atoms with Gasteiger partial charge in [-0.15, -0.1) is 12.4 Å². The molecule has 2 atom stereocenters. The molecule has 0 unspecified atom stereocenters. The lowest BCUT2D eigenvalue weighted by atomic mass is 9.81. The summed E-state index contributed by atoms with van der Waals surface area (Å²) < 4.78 is 29.1. The highest BCUT2D eigenvalue weighted by Gasteiger charge is 2.27. The van der Waals surface area contributed by atoms with E-state index < -0.39 is 4.30 Å². The van der Waals surface area contributed by atoms with Crippen molar-refractivity contribution in [3.63, 3.8) is 0 Å². The van der Waals surface area contributed by atoms with Gasteiger partial charge < -0.3 is 19.5 Å². The van der Waals surface area contributed by atoms with Crippen LogP contribution in [0, 0.1) is 11.7 Å². The van der Waals surface area contributed by atoms with E-state index in [1.54, 1.807) is 0 Å². The van der Waals surface area contributed by atoms with Crippen molar-refractivity contribution >= 4 is 47.2 Å². The van der Waals surface area contributed by atoms with Crippen molar-refractivity contribution < 1.29 is 18.6 Å². The first-order chi connectivity index (χ1) is 13.5. The first-order valence-corrected chi connectivity index (χ1v) is 10.2. The molecular weight excluding hydrogens is 463 g/mol. The Morgan fingerprint density at radius 1 is 1.07 bits per heavy atom. The summed E-state index contributed by atoms with van der Waals surface area (Å²) in [6.07, 6.45) is 1.03. The quantitative estimate of drug-likeness (QED) is 0.562. The minimum Gasteiger partial charge on any atom is -0.493 e. The maximum atomic E-state index is 13.2. The summed E-state index contributed by atoms with van der Waals surface area (Å²) in [7, 11) is 0. The highest BCUT2D eigenvalue weighted by Crippen LogP contribution is 2.36. The van der Waals surface area contributed by atoms with Crippen LogP contribution in [0.3, 0.4) is 0 Å². The molecule has 160 valence electrons. The molecule has 9 heteroatoms. The zero-order chi connectivity index (χ0) is 19.9. The molecule has 0 aliphatic carbocycles. The maximum Gasteiger partial charge on any atom is 0.231 e. The number of hydrogen-bond acceptors (Lipinski definition) is 4. The standard InChI is InChI=1S/C19H20FNO3.CHCl3.ClH/c20-15-3-1-13(2-4-15)17-7-8-21-10-14(17)11-22-16-5-6-18-19(9-16)24-12-23-18;2-1(3)4;/h1-6,9,14,17,21H,7-8,10-12H2;1H;1H/t14-,17-;;/m0../s1. The van der Waals surface area contributed by atoms with Crippen molar-refractivity contribution in [1.82, 2.24) is 5.32 Å². The fourth-order valence-corrected chi connectivity index (χ4v) is 3.42. The third-order valence-electron chi connectivity index (χ3n) is 4.71. The normalized spacial score (nSPS) is 19.8. The number of piperidine rings is 1. The fourth-order valence-electron chi connectivity index (χ4n) is 3.42. The Labute approximate surface area is 191 Å². The monoisotopic (exact) mass is 483 g/mol. The van der Waals surface area contributed by atoms with E-state index in [0.29, 0.717) is 18.4 Å². The zero-order valence-electron chi connectivity index (χ0n) is 15.5. The molecule has 2 aromatic rings. The Hall–Kier alpha value is -1.11. The molecule has 0 radical (unpaired) electrons. The SMILES string of the molecule is Cl.ClC(Cl)Cl.Fc1ccc([C@@H]2CCNC[C@H]2COc2ccc3c(c2)OCO3)cc1. The molecule has 1 fully saturated rings. The summed E-state index contributed by atoms with van der Waals surface area (Å²) in [5, 5.41) is 3.43.